The maximum Gasteiger partial charge on any atom is 0.332 e. The zero-order valence-electron chi connectivity index (χ0n) is 40.6. The normalized spacial score (nSPS) is 18.6. The third-order valence-corrected chi connectivity index (χ3v) is 27.3. The molecule has 0 aliphatic heterocycles. The van der Waals surface area contributed by atoms with Crippen molar-refractivity contribution in [1.29, 1.82) is 0 Å². The molecule has 0 saturated heterocycles. The Kier molecular flexibility index (Phi) is 35.0. The molecular weight excluding hydrogens is 1100 g/mol. The Bertz CT molecular complexity index is 1430. The molecule has 0 amide bonds. The van der Waals surface area contributed by atoms with E-state index in [1.165, 1.54) is 200 Å². The molecule has 1 atom stereocenters. The number of aliphatic hydroxyl groups excluding tert-OH is 3. The topological polar surface area (TPSA) is 144 Å². The number of carbonyl (C=O) groups is 1. The molecule has 7 N–H and O–H groups in total. The van der Waals surface area contributed by atoms with Crippen LogP contribution < -0.4 is 21.3 Å². The first-order valence-corrected chi connectivity index (χ1v) is 36.0. The fourth-order valence-electron chi connectivity index (χ4n) is 9.92. The van der Waals surface area contributed by atoms with Crippen LogP contribution in [-0.4, -0.2) is 94.3 Å². The van der Waals surface area contributed by atoms with Crippen molar-refractivity contribution in [2.24, 2.45) is 29.1 Å². The number of nitrogens with one attached hydrogen (secondary N) is 4. The van der Waals surface area contributed by atoms with Crippen molar-refractivity contribution in [1.82, 2.24) is 21.3 Å². The van der Waals surface area contributed by atoms with Gasteiger partial charge in [0.1, 0.15) is 29.3 Å². The van der Waals surface area contributed by atoms with Gasteiger partial charge in [0.2, 0.25) is 4.27 Å². The van der Waals surface area contributed by atoms with Gasteiger partial charge in [0.15, 0.2) is 5.44 Å². The van der Waals surface area contributed by atoms with Crippen LogP contribution in [0.5, 0.6) is 0 Å². The Morgan fingerprint density at radius 3 is 1.17 bits per heavy atom. The second-order valence-electron chi connectivity index (χ2n) is 19.2. The summed E-state index contributed by atoms with van der Waals surface area (Å²) in [6, 6.07) is 0. The van der Waals surface area contributed by atoms with Crippen molar-refractivity contribution in [2.75, 3.05) is 46.0 Å². The van der Waals surface area contributed by atoms with E-state index in [0.29, 0.717) is 23.8 Å². The number of carbonyl (C=O) groups excluding carboxylic acids is 1. The molecule has 69 heavy (non-hydrogen) atoms. The van der Waals surface area contributed by atoms with Crippen LogP contribution in [-0.2, 0) is 13.7 Å². The molecule has 0 aromatic heterocycles. The molecule has 0 aromatic rings. The van der Waals surface area contributed by atoms with Gasteiger partial charge in [-0.25, -0.2) is 4.79 Å². The van der Waals surface area contributed by atoms with E-state index in [1.807, 2.05) is 0 Å². The molecule has 4 aliphatic carbocycles. The molecule has 0 aromatic carbocycles. The highest BCUT2D eigenvalue weighted by Gasteiger charge is 2.62. The summed E-state index contributed by atoms with van der Waals surface area (Å²) in [7, 11) is 8.54. The predicted octanol–water partition coefficient (Wildman–Crippen LogP) is 13.9. The van der Waals surface area contributed by atoms with E-state index in [2.05, 4.69) is 21.3 Å². The largest absolute Gasteiger partial charge is 0.448 e. The molecule has 1 unspecified atom stereocenters. The minimum atomic E-state index is -1.74. The van der Waals surface area contributed by atoms with Crippen LogP contribution in [0.15, 0.2) is 0 Å². The number of esters is 1. The summed E-state index contributed by atoms with van der Waals surface area (Å²) in [6.07, 6.45) is 34.8. The molecule has 4 rings (SSSR count). The average Bonchev–Trinajstić information content (AvgIpc) is 3.38. The second-order valence-corrected chi connectivity index (χ2v) is 30.8. The smallest absolute Gasteiger partial charge is 0.332 e. The first-order valence-electron chi connectivity index (χ1n) is 25.8. The highest BCUT2D eigenvalue weighted by Crippen LogP contribution is 2.65. The van der Waals surface area contributed by atoms with Gasteiger partial charge < -0.3 is 41.3 Å². The predicted molar refractivity (Wildman–Crippen MR) is 324 cm³/mol. The molecule has 0 spiro atoms. The summed E-state index contributed by atoms with van der Waals surface area (Å²) in [5.74, 6) is 2.14. The SMILES string of the molecule is O=C(CO)OC(SSC(=S)NCCCC1CCCCC1)C(CO)(CO)C(OSSC(=S)NCCCC1CCCCC1)(SSC(=S)NCCCC1CCCCC1)SSC(=S)NCCCC1CCCCC1. The standard InChI is InChI=1S/C47H82N4O6S12/c52-33-40(55)56-41(62-63-42(58)48-29-13-25-36-17-5-1-6-18-36)46(34-53,35-54)47(67-64-43(59)49-30-14-26-37-19-7-2-8-20-37,68-65-44(60)50-31-15-27-38-21-9-3-10-22-38)57-69-66-45(61)51-32-16-28-39-23-11-4-12-24-39/h36-39,41,52-54H,1-35H2,(H,48,58)(H,49,59)(H,50,60)(H,51,61). The van der Waals surface area contributed by atoms with E-state index >= 15 is 0 Å². The van der Waals surface area contributed by atoms with E-state index in [-0.39, 0.29) is 0 Å². The lowest BCUT2D eigenvalue weighted by Gasteiger charge is -2.48. The van der Waals surface area contributed by atoms with Crippen molar-refractivity contribution in [3.8, 4) is 0 Å². The maximum atomic E-state index is 13.1. The second kappa shape index (κ2) is 38.3. The quantitative estimate of drug-likeness (QED) is 0.00882. The van der Waals surface area contributed by atoms with Crippen molar-refractivity contribution < 1.29 is 29.0 Å². The first-order chi connectivity index (χ1) is 33.6. The van der Waals surface area contributed by atoms with Crippen molar-refractivity contribution in [3.63, 3.8) is 0 Å². The zero-order valence-corrected chi connectivity index (χ0v) is 50.4. The van der Waals surface area contributed by atoms with Crippen LogP contribution in [0.25, 0.3) is 0 Å². The van der Waals surface area contributed by atoms with Crippen LogP contribution in [0, 0.1) is 29.1 Å². The fourth-order valence-corrected chi connectivity index (χ4v) is 22.2. The highest BCUT2D eigenvalue weighted by atomic mass is 33.1. The molecule has 4 fully saturated rings. The number of ether oxygens (including phenoxy) is 1. The van der Waals surface area contributed by atoms with Gasteiger partial charge in [-0.15, -0.1) is 0 Å². The Hall–Kier alpha value is 1.67. The van der Waals surface area contributed by atoms with E-state index in [9.17, 15) is 20.1 Å². The summed E-state index contributed by atoms with van der Waals surface area (Å²) < 4.78 is 13.4. The minimum Gasteiger partial charge on any atom is -0.448 e. The number of thiocarbonyl (C=S) groups is 4. The van der Waals surface area contributed by atoms with E-state index in [0.717, 1.165) is 110 Å². The minimum absolute atomic E-state index is 0.482. The van der Waals surface area contributed by atoms with Crippen LogP contribution in [0.4, 0.5) is 0 Å². The molecule has 0 heterocycles. The number of hydrogen-bond donors (Lipinski definition) is 7. The van der Waals surface area contributed by atoms with E-state index in [1.54, 1.807) is 0 Å². The van der Waals surface area contributed by atoms with Crippen LogP contribution in [0.1, 0.15) is 180 Å². The number of rotatable bonds is 31. The van der Waals surface area contributed by atoms with Crippen LogP contribution >= 0.6 is 136 Å². The summed E-state index contributed by atoms with van der Waals surface area (Å²) in [5.41, 5.74) is -3.01. The molecule has 10 nitrogen and oxygen atoms in total. The van der Waals surface area contributed by atoms with Gasteiger partial charge in [-0.05, 0) is 140 Å². The number of hydrogen-bond acceptors (Lipinski definition) is 18. The van der Waals surface area contributed by atoms with Crippen molar-refractivity contribution in [2.45, 2.75) is 189 Å². The van der Waals surface area contributed by atoms with Gasteiger partial charge in [-0.3, -0.25) is 4.18 Å². The van der Waals surface area contributed by atoms with Crippen molar-refractivity contribution in [3.05, 3.63) is 0 Å². The molecule has 0 bridgehead atoms. The third-order valence-electron chi connectivity index (χ3n) is 14.0. The Labute approximate surface area is 469 Å². The third kappa shape index (κ3) is 25.1. The van der Waals surface area contributed by atoms with Gasteiger partial charge in [0, 0.05) is 37.0 Å². The van der Waals surface area contributed by atoms with Crippen molar-refractivity contribution >= 4 is 159 Å². The molecule has 4 aliphatic rings. The van der Waals surface area contributed by atoms with Gasteiger partial charge in [0.05, 0.1) is 24.3 Å². The van der Waals surface area contributed by atoms with Gasteiger partial charge in [-0.1, -0.05) is 177 Å². The maximum absolute atomic E-state index is 13.1. The summed E-state index contributed by atoms with van der Waals surface area (Å²) in [4.78, 5) is 13.1. The Morgan fingerprint density at radius 1 is 0.507 bits per heavy atom. The Morgan fingerprint density at radius 2 is 0.841 bits per heavy atom. The fraction of sp³-hybridized carbons (Fsp3) is 0.894. The monoisotopic (exact) mass is 1180 g/mol. The summed E-state index contributed by atoms with van der Waals surface area (Å²) in [5, 5.41) is 47.2. The Balaban J connectivity index is 1.54. The lowest BCUT2D eigenvalue weighted by Crippen LogP contribution is -2.56. The van der Waals surface area contributed by atoms with Gasteiger partial charge in [0.25, 0.3) is 0 Å². The van der Waals surface area contributed by atoms with Crippen LogP contribution in [0.3, 0.4) is 0 Å². The molecule has 22 heteroatoms. The average molecular weight is 1180 g/mol. The summed E-state index contributed by atoms with van der Waals surface area (Å²) in [6.45, 7) is 0.646. The molecular formula is C47H82N4O6S12. The van der Waals surface area contributed by atoms with Gasteiger partial charge in [-0.2, -0.15) is 0 Å². The number of aliphatic hydroxyl groups is 3. The molecule has 4 saturated carbocycles. The molecule has 0 radical (unpaired) electrons. The zero-order chi connectivity index (χ0) is 49.4. The summed E-state index contributed by atoms with van der Waals surface area (Å²) >= 11 is 24.5. The van der Waals surface area contributed by atoms with E-state index < -0.39 is 40.9 Å². The van der Waals surface area contributed by atoms with E-state index in [4.69, 9.17) is 57.8 Å². The lowest BCUT2D eigenvalue weighted by molar-refractivity contribution is -0.159. The molecule has 398 valence electrons. The highest BCUT2D eigenvalue weighted by molar-refractivity contribution is 8.92. The van der Waals surface area contributed by atoms with Gasteiger partial charge >= 0.3 is 5.97 Å². The van der Waals surface area contributed by atoms with Crippen LogP contribution in [0.2, 0.25) is 0 Å². The first kappa shape index (κ1) is 63.2. The lowest BCUT2D eigenvalue weighted by atomic mass is 9.86.